The van der Waals surface area contributed by atoms with Gasteiger partial charge in [0.2, 0.25) is 0 Å². The van der Waals surface area contributed by atoms with E-state index < -0.39 is 19.7 Å². The van der Waals surface area contributed by atoms with Crippen LogP contribution in [0.2, 0.25) is 0 Å². The van der Waals surface area contributed by atoms with Crippen LogP contribution in [-0.2, 0) is 26.1 Å². The van der Waals surface area contributed by atoms with Crippen LogP contribution >= 0.6 is 0 Å². The van der Waals surface area contributed by atoms with Crippen molar-refractivity contribution in [3.05, 3.63) is 23.8 Å². The standard InChI is InChI=1S/C9H10O4S2/c1-14(10,11)8-3-2-7-4-5-15(12,13)9(7)6-8/h2-3,6H,4-5H2,1H3. The Morgan fingerprint density at radius 2 is 1.93 bits per heavy atom. The summed E-state index contributed by atoms with van der Waals surface area (Å²) >= 11 is 0. The number of sulfone groups is 2. The van der Waals surface area contributed by atoms with Crippen molar-refractivity contribution in [3.8, 4) is 0 Å². The van der Waals surface area contributed by atoms with Crippen molar-refractivity contribution in [1.82, 2.24) is 0 Å². The molecule has 15 heavy (non-hydrogen) atoms. The number of fused-ring (bicyclic) bond motifs is 1. The first-order valence-electron chi connectivity index (χ1n) is 4.36. The summed E-state index contributed by atoms with van der Waals surface area (Å²) in [5.41, 5.74) is 0.711. The highest BCUT2D eigenvalue weighted by atomic mass is 32.2. The zero-order valence-corrected chi connectivity index (χ0v) is 9.73. The lowest BCUT2D eigenvalue weighted by molar-refractivity contribution is 0.599. The fourth-order valence-electron chi connectivity index (χ4n) is 1.62. The average Bonchev–Trinajstić information content (AvgIpc) is 2.41. The summed E-state index contributed by atoms with van der Waals surface area (Å²) in [4.78, 5) is 0.233. The van der Waals surface area contributed by atoms with Gasteiger partial charge in [0.05, 0.1) is 15.5 Å². The van der Waals surface area contributed by atoms with Crippen molar-refractivity contribution in [2.45, 2.75) is 16.2 Å². The quantitative estimate of drug-likeness (QED) is 0.720. The van der Waals surface area contributed by atoms with Crippen LogP contribution in [0, 0.1) is 0 Å². The van der Waals surface area contributed by atoms with Gasteiger partial charge in [-0.2, -0.15) is 0 Å². The number of aryl methyl sites for hydroxylation is 1. The fraction of sp³-hybridized carbons (Fsp3) is 0.333. The van der Waals surface area contributed by atoms with Gasteiger partial charge in [0.1, 0.15) is 0 Å². The third-order valence-electron chi connectivity index (χ3n) is 2.44. The zero-order valence-electron chi connectivity index (χ0n) is 8.10. The van der Waals surface area contributed by atoms with E-state index in [9.17, 15) is 16.8 Å². The van der Waals surface area contributed by atoms with Gasteiger partial charge in [0.25, 0.3) is 0 Å². The van der Waals surface area contributed by atoms with Crippen LogP contribution in [0.4, 0.5) is 0 Å². The van der Waals surface area contributed by atoms with E-state index >= 15 is 0 Å². The first-order chi connectivity index (χ1) is 6.81. The largest absolute Gasteiger partial charge is 0.224 e. The summed E-state index contributed by atoms with van der Waals surface area (Å²) in [5, 5.41) is 0. The molecular formula is C9H10O4S2. The maximum Gasteiger partial charge on any atom is 0.179 e. The van der Waals surface area contributed by atoms with E-state index in [1.165, 1.54) is 12.1 Å². The van der Waals surface area contributed by atoms with Gasteiger partial charge >= 0.3 is 0 Å². The van der Waals surface area contributed by atoms with Crippen molar-refractivity contribution >= 4 is 19.7 Å². The van der Waals surface area contributed by atoms with Crippen LogP contribution < -0.4 is 0 Å². The van der Waals surface area contributed by atoms with Gasteiger partial charge in [0.15, 0.2) is 19.7 Å². The minimum atomic E-state index is -3.34. The predicted molar refractivity (Wildman–Crippen MR) is 55.3 cm³/mol. The molecule has 0 saturated heterocycles. The molecular weight excluding hydrogens is 236 g/mol. The van der Waals surface area contributed by atoms with E-state index in [2.05, 4.69) is 0 Å². The monoisotopic (exact) mass is 246 g/mol. The van der Waals surface area contributed by atoms with E-state index in [0.717, 1.165) is 6.26 Å². The Kier molecular flexibility index (Phi) is 2.16. The Hall–Kier alpha value is -0.880. The Balaban J connectivity index is 2.72. The molecule has 82 valence electrons. The lowest BCUT2D eigenvalue weighted by Gasteiger charge is -2.01. The van der Waals surface area contributed by atoms with Crippen molar-refractivity contribution in [2.24, 2.45) is 0 Å². The second-order valence-electron chi connectivity index (χ2n) is 3.61. The summed E-state index contributed by atoms with van der Waals surface area (Å²) in [5.74, 6) is 0.0789. The van der Waals surface area contributed by atoms with E-state index in [1.807, 2.05) is 0 Å². The van der Waals surface area contributed by atoms with E-state index in [0.29, 0.717) is 12.0 Å². The minimum Gasteiger partial charge on any atom is -0.224 e. The van der Waals surface area contributed by atoms with Crippen LogP contribution in [0.25, 0.3) is 0 Å². The third-order valence-corrected chi connectivity index (χ3v) is 5.34. The summed E-state index contributed by atoms with van der Waals surface area (Å²) in [7, 11) is -6.59. The van der Waals surface area contributed by atoms with Crippen molar-refractivity contribution in [1.29, 1.82) is 0 Å². The molecule has 0 N–H and O–H groups in total. The molecule has 0 aromatic heterocycles. The SMILES string of the molecule is CS(=O)(=O)c1ccc2c(c1)S(=O)(=O)CC2. The first kappa shape index (κ1) is 10.6. The third kappa shape index (κ3) is 1.79. The molecule has 6 heteroatoms. The topological polar surface area (TPSA) is 68.3 Å². The van der Waals surface area contributed by atoms with Gasteiger partial charge < -0.3 is 0 Å². The minimum absolute atomic E-state index is 0.0618. The van der Waals surface area contributed by atoms with Gasteiger partial charge in [0, 0.05) is 6.26 Å². The highest BCUT2D eigenvalue weighted by Gasteiger charge is 2.27. The summed E-state index contributed by atoms with van der Waals surface area (Å²) in [6.45, 7) is 0. The van der Waals surface area contributed by atoms with Gasteiger partial charge in [-0.1, -0.05) is 6.07 Å². The van der Waals surface area contributed by atoms with Gasteiger partial charge in [-0.3, -0.25) is 0 Å². The number of hydrogen-bond acceptors (Lipinski definition) is 4. The Bertz CT molecular complexity index is 612. The second-order valence-corrected chi connectivity index (χ2v) is 7.70. The molecule has 4 nitrogen and oxygen atoms in total. The van der Waals surface area contributed by atoms with E-state index in [-0.39, 0.29) is 15.5 Å². The average molecular weight is 246 g/mol. The smallest absolute Gasteiger partial charge is 0.179 e. The highest BCUT2D eigenvalue weighted by molar-refractivity contribution is 7.92. The van der Waals surface area contributed by atoms with Crippen LogP contribution in [0.5, 0.6) is 0 Å². The van der Waals surface area contributed by atoms with E-state index in [4.69, 9.17) is 0 Å². The van der Waals surface area contributed by atoms with Crippen molar-refractivity contribution in [3.63, 3.8) is 0 Å². The first-order valence-corrected chi connectivity index (χ1v) is 7.91. The van der Waals surface area contributed by atoms with Crippen LogP contribution in [0.1, 0.15) is 5.56 Å². The fourth-order valence-corrected chi connectivity index (χ4v) is 3.92. The molecule has 1 aliphatic heterocycles. The molecule has 0 unspecified atom stereocenters. The molecule has 1 aromatic carbocycles. The number of rotatable bonds is 1. The summed E-state index contributed by atoms with van der Waals surface area (Å²) in [6, 6.07) is 4.29. The molecule has 1 aliphatic rings. The van der Waals surface area contributed by atoms with Crippen LogP contribution in [0.15, 0.2) is 28.0 Å². The number of hydrogen-bond donors (Lipinski definition) is 0. The molecule has 1 aromatic rings. The second kappa shape index (κ2) is 3.05. The van der Waals surface area contributed by atoms with Crippen molar-refractivity contribution in [2.75, 3.05) is 12.0 Å². The van der Waals surface area contributed by atoms with Crippen molar-refractivity contribution < 1.29 is 16.8 Å². The lowest BCUT2D eigenvalue weighted by atomic mass is 10.2. The molecule has 2 rings (SSSR count). The number of benzene rings is 1. The maximum absolute atomic E-state index is 11.5. The molecule has 0 aliphatic carbocycles. The molecule has 0 radical (unpaired) electrons. The molecule has 0 amide bonds. The molecule has 0 saturated carbocycles. The summed E-state index contributed by atoms with van der Waals surface area (Å²) in [6.07, 6.45) is 1.54. The Morgan fingerprint density at radius 3 is 2.53 bits per heavy atom. The lowest BCUT2D eigenvalue weighted by Crippen LogP contribution is -2.02. The van der Waals surface area contributed by atoms with Crippen LogP contribution in [0.3, 0.4) is 0 Å². The maximum atomic E-state index is 11.5. The Morgan fingerprint density at radius 1 is 1.27 bits per heavy atom. The normalized spacial score (nSPS) is 18.7. The van der Waals surface area contributed by atoms with Gasteiger partial charge in [-0.05, 0) is 24.1 Å². The molecule has 0 spiro atoms. The Labute approximate surface area is 88.8 Å². The highest BCUT2D eigenvalue weighted by Crippen LogP contribution is 2.28. The predicted octanol–water partition coefficient (Wildman–Crippen LogP) is 0.420. The zero-order chi connectivity index (χ0) is 11.3. The molecule has 0 bridgehead atoms. The molecule has 0 fully saturated rings. The van der Waals surface area contributed by atoms with Crippen LogP contribution in [-0.4, -0.2) is 28.8 Å². The molecule has 0 atom stereocenters. The summed E-state index contributed by atoms with van der Waals surface area (Å²) < 4.78 is 45.6. The van der Waals surface area contributed by atoms with E-state index in [1.54, 1.807) is 6.07 Å². The van der Waals surface area contributed by atoms with Gasteiger partial charge in [-0.15, -0.1) is 0 Å². The molecule has 1 heterocycles. The van der Waals surface area contributed by atoms with Gasteiger partial charge in [-0.25, -0.2) is 16.8 Å².